The molecular weight excluding hydrogens is 248 g/mol. The molecule has 1 aromatic heterocycles. The van der Waals surface area contributed by atoms with Gasteiger partial charge in [0.2, 0.25) is 0 Å². The second-order valence-electron chi connectivity index (χ2n) is 5.03. The summed E-state index contributed by atoms with van der Waals surface area (Å²) in [4.78, 5) is 7.09. The summed E-state index contributed by atoms with van der Waals surface area (Å²) in [6, 6.07) is 2.09. The van der Waals surface area contributed by atoms with Crippen molar-refractivity contribution in [3.63, 3.8) is 0 Å². The van der Waals surface area contributed by atoms with Crippen molar-refractivity contribution >= 4 is 0 Å². The van der Waals surface area contributed by atoms with E-state index >= 15 is 0 Å². The lowest BCUT2D eigenvalue weighted by Gasteiger charge is -2.12. The molecule has 0 aliphatic heterocycles. The molecule has 0 spiro atoms. The molecule has 0 saturated carbocycles. The van der Waals surface area contributed by atoms with Crippen molar-refractivity contribution in [3.8, 4) is 11.3 Å². The number of benzene rings is 1. The number of nitrogens with one attached hydrogen (secondary N) is 1. The van der Waals surface area contributed by atoms with Gasteiger partial charge in [0.15, 0.2) is 0 Å². The number of rotatable bonds is 3. The summed E-state index contributed by atoms with van der Waals surface area (Å²) in [6.45, 7) is 5.47. The zero-order valence-electron chi connectivity index (χ0n) is 11.2. The van der Waals surface area contributed by atoms with Crippen molar-refractivity contribution < 1.29 is 8.78 Å². The van der Waals surface area contributed by atoms with Gasteiger partial charge in [-0.1, -0.05) is 13.8 Å². The Bertz CT molecular complexity index is 590. The summed E-state index contributed by atoms with van der Waals surface area (Å²) in [7, 11) is 0. The Labute approximate surface area is 110 Å². The average molecular weight is 265 g/mol. The quantitative estimate of drug-likeness (QED) is 0.894. The largest absolute Gasteiger partial charge is 0.341 e. The standard InChI is InChI=1S/C14H17F2N3/c1-7(2)13(17)14-18-6-12(19-14)9-5-10(15)8(3)4-11(9)16/h4-7,13H,17H2,1-3H3,(H,18,19). The second-order valence-corrected chi connectivity index (χ2v) is 5.03. The van der Waals surface area contributed by atoms with Gasteiger partial charge in [0, 0.05) is 5.56 Å². The molecule has 1 unspecified atom stereocenters. The van der Waals surface area contributed by atoms with Gasteiger partial charge in [0.1, 0.15) is 17.5 Å². The molecule has 3 N–H and O–H groups in total. The molecule has 0 aliphatic rings. The molecule has 2 aromatic rings. The van der Waals surface area contributed by atoms with Gasteiger partial charge in [0.25, 0.3) is 0 Å². The van der Waals surface area contributed by atoms with E-state index in [1.54, 1.807) is 0 Å². The Hall–Kier alpha value is -1.75. The van der Waals surface area contributed by atoms with Crippen molar-refractivity contribution in [1.82, 2.24) is 9.97 Å². The molecule has 0 fully saturated rings. The van der Waals surface area contributed by atoms with Crippen LogP contribution in [0.25, 0.3) is 11.3 Å². The van der Waals surface area contributed by atoms with E-state index in [9.17, 15) is 8.78 Å². The normalized spacial score (nSPS) is 13.0. The third-order valence-electron chi connectivity index (χ3n) is 3.17. The Morgan fingerprint density at radius 1 is 1.21 bits per heavy atom. The lowest BCUT2D eigenvalue weighted by molar-refractivity contribution is 0.494. The van der Waals surface area contributed by atoms with Crippen molar-refractivity contribution in [2.45, 2.75) is 26.8 Å². The molecule has 19 heavy (non-hydrogen) atoms. The Morgan fingerprint density at radius 3 is 2.53 bits per heavy atom. The van der Waals surface area contributed by atoms with Crippen LogP contribution < -0.4 is 5.73 Å². The molecule has 1 atom stereocenters. The fourth-order valence-corrected chi connectivity index (χ4v) is 1.81. The second kappa shape index (κ2) is 5.09. The monoisotopic (exact) mass is 265 g/mol. The van der Waals surface area contributed by atoms with Crippen molar-refractivity contribution in [3.05, 3.63) is 41.4 Å². The van der Waals surface area contributed by atoms with Crippen LogP contribution in [0.4, 0.5) is 8.78 Å². The van der Waals surface area contributed by atoms with Crippen molar-refractivity contribution in [2.24, 2.45) is 11.7 Å². The Kier molecular flexibility index (Phi) is 3.66. The highest BCUT2D eigenvalue weighted by atomic mass is 19.1. The van der Waals surface area contributed by atoms with Crippen LogP contribution in [0, 0.1) is 24.5 Å². The van der Waals surface area contributed by atoms with Crippen LogP contribution in [-0.2, 0) is 0 Å². The molecular formula is C14H17F2N3. The smallest absolute Gasteiger partial charge is 0.133 e. The molecule has 0 saturated heterocycles. The van der Waals surface area contributed by atoms with Crippen molar-refractivity contribution in [1.29, 1.82) is 0 Å². The van der Waals surface area contributed by atoms with E-state index in [0.717, 1.165) is 0 Å². The maximum Gasteiger partial charge on any atom is 0.133 e. The van der Waals surface area contributed by atoms with Crippen molar-refractivity contribution in [2.75, 3.05) is 0 Å². The molecule has 102 valence electrons. The number of H-pyrrole nitrogens is 1. The number of hydrogen-bond donors (Lipinski definition) is 2. The first-order valence-corrected chi connectivity index (χ1v) is 6.16. The Balaban J connectivity index is 2.41. The van der Waals surface area contributed by atoms with Gasteiger partial charge >= 0.3 is 0 Å². The minimum atomic E-state index is -0.479. The molecule has 2 rings (SSSR count). The number of hydrogen-bond acceptors (Lipinski definition) is 2. The van der Waals surface area contributed by atoms with Gasteiger partial charge in [-0.3, -0.25) is 0 Å². The van der Waals surface area contributed by atoms with E-state index in [-0.39, 0.29) is 23.1 Å². The maximum absolute atomic E-state index is 13.8. The summed E-state index contributed by atoms with van der Waals surface area (Å²) >= 11 is 0. The van der Waals surface area contributed by atoms with E-state index in [4.69, 9.17) is 5.73 Å². The highest BCUT2D eigenvalue weighted by Gasteiger charge is 2.16. The van der Waals surface area contributed by atoms with Crippen LogP contribution in [0.2, 0.25) is 0 Å². The first-order valence-electron chi connectivity index (χ1n) is 6.16. The van der Waals surface area contributed by atoms with Crippen LogP contribution in [0.15, 0.2) is 18.3 Å². The number of aryl methyl sites for hydroxylation is 1. The van der Waals surface area contributed by atoms with E-state index in [2.05, 4.69) is 9.97 Å². The number of aromatic nitrogens is 2. The average Bonchev–Trinajstić information content (AvgIpc) is 2.81. The molecule has 0 radical (unpaired) electrons. The minimum absolute atomic E-state index is 0.165. The minimum Gasteiger partial charge on any atom is -0.341 e. The van der Waals surface area contributed by atoms with E-state index < -0.39 is 11.6 Å². The number of imidazole rings is 1. The number of halogens is 2. The van der Waals surface area contributed by atoms with Gasteiger partial charge < -0.3 is 10.7 Å². The molecule has 0 amide bonds. The van der Waals surface area contributed by atoms with Gasteiger partial charge in [-0.05, 0) is 30.5 Å². The molecule has 3 nitrogen and oxygen atoms in total. The SMILES string of the molecule is Cc1cc(F)c(-c2cnc(C(N)C(C)C)[nH]2)cc1F. The maximum atomic E-state index is 13.8. The van der Waals surface area contributed by atoms with E-state index in [1.165, 1.54) is 25.3 Å². The van der Waals surface area contributed by atoms with Gasteiger partial charge in [0.05, 0.1) is 17.9 Å². The highest BCUT2D eigenvalue weighted by Crippen LogP contribution is 2.26. The van der Waals surface area contributed by atoms with Crippen LogP contribution in [0.1, 0.15) is 31.3 Å². The fraction of sp³-hybridized carbons (Fsp3) is 0.357. The summed E-state index contributed by atoms with van der Waals surface area (Å²) in [5.74, 6) is -0.142. The fourth-order valence-electron chi connectivity index (χ4n) is 1.81. The molecule has 1 aromatic carbocycles. The van der Waals surface area contributed by atoms with E-state index in [1.807, 2.05) is 13.8 Å². The van der Waals surface area contributed by atoms with E-state index in [0.29, 0.717) is 11.5 Å². The van der Waals surface area contributed by atoms with Crippen LogP contribution in [-0.4, -0.2) is 9.97 Å². The first-order chi connectivity index (χ1) is 8.90. The predicted octanol–water partition coefficient (Wildman–Crippen LogP) is 3.32. The zero-order chi connectivity index (χ0) is 14.2. The topological polar surface area (TPSA) is 54.7 Å². The lowest BCUT2D eigenvalue weighted by Crippen LogP contribution is -2.18. The Morgan fingerprint density at radius 2 is 1.89 bits per heavy atom. The molecule has 5 heteroatoms. The number of aromatic amines is 1. The predicted molar refractivity (Wildman–Crippen MR) is 70.4 cm³/mol. The summed E-state index contributed by atoms with van der Waals surface area (Å²) < 4.78 is 27.4. The highest BCUT2D eigenvalue weighted by molar-refractivity contribution is 5.60. The molecule has 0 aliphatic carbocycles. The summed E-state index contributed by atoms with van der Waals surface area (Å²) in [5.41, 5.74) is 6.83. The first kappa shape index (κ1) is 13.7. The third-order valence-corrected chi connectivity index (χ3v) is 3.17. The zero-order valence-corrected chi connectivity index (χ0v) is 11.2. The third kappa shape index (κ3) is 2.66. The number of nitrogens with zero attached hydrogens (tertiary/aromatic N) is 1. The van der Waals surface area contributed by atoms with Gasteiger partial charge in [-0.2, -0.15) is 0 Å². The van der Waals surface area contributed by atoms with Gasteiger partial charge in [-0.15, -0.1) is 0 Å². The van der Waals surface area contributed by atoms with Crippen LogP contribution in [0.5, 0.6) is 0 Å². The summed E-state index contributed by atoms with van der Waals surface area (Å²) in [6.07, 6.45) is 1.48. The number of nitrogens with two attached hydrogens (primary N) is 1. The molecule has 0 bridgehead atoms. The van der Waals surface area contributed by atoms with Crippen LogP contribution in [0.3, 0.4) is 0 Å². The van der Waals surface area contributed by atoms with Crippen LogP contribution >= 0.6 is 0 Å². The lowest BCUT2D eigenvalue weighted by atomic mass is 10.1. The van der Waals surface area contributed by atoms with Gasteiger partial charge in [-0.25, -0.2) is 13.8 Å². The summed E-state index contributed by atoms with van der Waals surface area (Å²) in [5, 5.41) is 0. The molecule has 1 heterocycles.